The van der Waals surface area contributed by atoms with E-state index in [9.17, 15) is 18.0 Å². The van der Waals surface area contributed by atoms with Crippen molar-refractivity contribution < 1.29 is 28.3 Å². The number of rotatable bonds is 5. The molecule has 0 aliphatic heterocycles. The zero-order chi connectivity index (χ0) is 12.8. The molecule has 0 aromatic heterocycles. The number of nitrogens with two attached hydrogens (primary N) is 1. The molecule has 0 fully saturated rings. The quantitative estimate of drug-likeness (QED) is 0.262. The lowest BCUT2D eigenvalue weighted by molar-refractivity contribution is -0.161. The molecule has 0 unspecified atom stereocenters. The number of nitrogens with zero attached hydrogens (tertiary/aromatic N) is 2. The van der Waals surface area contributed by atoms with Gasteiger partial charge in [-0.05, 0) is 0 Å². The minimum absolute atomic E-state index is 0.387. The monoisotopic (exact) mass is 243 g/mol. The first-order valence-electron chi connectivity index (χ1n) is 4.22. The molecule has 94 valence electrons. The molecule has 0 spiro atoms. The second kappa shape index (κ2) is 6.16. The normalized spacial score (nSPS) is 12.6. The molecule has 0 aliphatic rings. The van der Waals surface area contributed by atoms with Crippen LogP contribution in [0.4, 0.5) is 13.2 Å². The van der Waals surface area contributed by atoms with E-state index in [1.54, 1.807) is 0 Å². The number of alkyl halides is 3. The topological polar surface area (TPSA) is 99.2 Å². The van der Waals surface area contributed by atoms with Gasteiger partial charge >= 0.3 is 6.18 Å². The number of halogens is 3. The van der Waals surface area contributed by atoms with E-state index in [0.29, 0.717) is 4.90 Å². The maximum atomic E-state index is 12.0. The highest BCUT2D eigenvalue weighted by Crippen LogP contribution is 2.16. The van der Waals surface area contributed by atoms with Gasteiger partial charge in [0.1, 0.15) is 12.4 Å². The molecule has 0 aliphatic carbocycles. The lowest BCUT2D eigenvalue weighted by Crippen LogP contribution is -2.42. The van der Waals surface area contributed by atoms with E-state index in [-0.39, 0.29) is 0 Å². The number of amidine groups is 1. The fraction of sp³-hybridized carbons (Fsp3) is 0.714. The second-order valence-electron chi connectivity index (χ2n) is 2.92. The van der Waals surface area contributed by atoms with Crippen LogP contribution in [0.3, 0.4) is 0 Å². The van der Waals surface area contributed by atoms with Gasteiger partial charge in [-0.2, -0.15) is 13.2 Å². The number of amides is 1. The zero-order valence-electron chi connectivity index (χ0n) is 8.24. The standard InChI is InChI=1S/C7H12F3N3O3/c8-7(9,10)4-13(1-2-14)6(15)3-5(11)12-16/h14,16H,1-4H2,(H2,11,12). The number of aliphatic hydroxyl groups excluding tert-OH is 1. The third-order valence-corrected chi connectivity index (χ3v) is 1.55. The van der Waals surface area contributed by atoms with Crippen molar-refractivity contribution in [2.75, 3.05) is 19.7 Å². The zero-order valence-corrected chi connectivity index (χ0v) is 8.24. The van der Waals surface area contributed by atoms with E-state index in [1.807, 2.05) is 0 Å². The van der Waals surface area contributed by atoms with Gasteiger partial charge in [0.2, 0.25) is 5.91 Å². The van der Waals surface area contributed by atoms with Gasteiger partial charge in [-0.25, -0.2) is 0 Å². The maximum Gasteiger partial charge on any atom is 0.406 e. The van der Waals surface area contributed by atoms with Gasteiger partial charge in [0.15, 0.2) is 0 Å². The van der Waals surface area contributed by atoms with Gasteiger partial charge in [0.05, 0.1) is 13.0 Å². The van der Waals surface area contributed by atoms with Crippen molar-refractivity contribution in [3.05, 3.63) is 0 Å². The predicted octanol–water partition coefficient (Wildman–Crippen LogP) is -0.494. The van der Waals surface area contributed by atoms with Gasteiger partial charge in [0, 0.05) is 6.54 Å². The summed E-state index contributed by atoms with van der Waals surface area (Å²) in [6.45, 7) is -2.54. The lowest BCUT2D eigenvalue weighted by Gasteiger charge is -2.22. The average molecular weight is 243 g/mol. The van der Waals surface area contributed by atoms with Crippen molar-refractivity contribution in [2.45, 2.75) is 12.6 Å². The fourth-order valence-corrected chi connectivity index (χ4v) is 0.931. The summed E-state index contributed by atoms with van der Waals surface area (Å²) in [6.07, 6.45) is -5.19. The molecule has 16 heavy (non-hydrogen) atoms. The molecule has 0 rings (SSSR count). The summed E-state index contributed by atoms with van der Waals surface area (Å²) in [5.74, 6) is -1.46. The smallest absolute Gasteiger partial charge is 0.406 e. The van der Waals surface area contributed by atoms with Gasteiger partial charge in [-0.3, -0.25) is 4.79 Å². The number of oxime groups is 1. The molecular formula is C7H12F3N3O3. The molecule has 6 nitrogen and oxygen atoms in total. The highest BCUT2D eigenvalue weighted by molar-refractivity contribution is 5.98. The molecular weight excluding hydrogens is 231 g/mol. The molecule has 0 radical (unpaired) electrons. The number of carbonyl (C=O) groups excluding carboxylic acids is 1. The van der Waals surface area contributed by atoms with E-state index in [0.717, 1.165) is 0 Å². The minimum Gasteiger partial charge on any atom is -0.409 e. The minimum atomic E-state index is -4.56. The van der Waals surface area contributed by atoms with Gasteiger partial charge in [-0.15, -0.1) is 0 Å². The van der Waals surface area contributed by atoms with Crippen LogP contribution in [-0.4, -0.2) is 52.8 Å². The molecule has 0 aromatic carbocycles. The summed E-state index contributed by atoms with van der Waals surface area (Å²) in [4.78, 5) is 11.6. The summed E-state index contributed by atoms with van der Waals surface area (Å²) >= 11 is 0. The summed E-state index contributed by atoms with van der Waals surface area (Å²) in [5, 5.41) is 19.1. The Morgan fingerprint density at radius 2 is 2.00 bits per heavy atom. The SMILES string of the molecule is NC(CC(=O)N(CCO)CC(F)(F)F)=NO. The molecule has 0 aromatic rings. The van der Waals surface area contributed by atoms with Crippen molar-refractivity contribution in [3.8, 4) is 0 Å². The van der Waals surface area contributed by atoms with Crippen molar-refractivity contribution in [2.24, 2.45) is 10.9 Å². The second-order valence-corrected chi connectivity index (χ2v) is 2.92. The third-order valence-electron chi connectivity index (χ3n) is 1.55. The molecule has 4 N–H and O–H groups in total. The Morgan fingerprint density at radius 1 is 1.44 bits per heavy atom. The first-order valence-corrected chi connectivity index (χ1v) is 4.22. The fourth-order valence-electron chi connectivity index (χ4n) is 0.931. The molecule has 0 saturated heterocycles. The molecule has 0 heterocycles. The summed E-state index contributed by atoms with van der Waals surface area (Å²) in [6, 6.07) is 0. The van der Waals surface area contributed by atoms with Crippen LogP contribution in [0, 0.1) is 0 Å². The van der Waals surface area contributed by atoms with Crippen molar-refractivity contribution in [1.82, 2.24) is 4.90 Å². The highest BCUT2D eigenvalue weighted by Gasteiger charge is 2.32. The van der Waals surface area contributed by atoms with E-state index in [2.05, 4.69) is 5.16 Å². The first kappa shape index (κ1) is 14.5. The van der Waals surface area contributed by atoms with Crippen molar-refractivity contribution >= 4 is 11.7 Å². The molecule has 0 atom stereocenters. The van der Waals surface area contributed by atoms with E-state index in [1.165, 1.54) is 0 Å². The van der Waals surface area contributed by atoms with Crippen LogP contribution in [0.25, 0.3) is 0 Å². The average Bonchev–Trinajstić information content (AvgIpc) is 2.14. The maximum absolute atomic E-state index is 12.0. The molecule has 0 bridgehead atoms. The third kappa shape index (κ3) is 6.06. The molecule has 9 heteroatoms. The Morgan fingerprint density at radius 3 is 2.38 bits per heavy atom. The van der Waals surface area contributed by atoms with Gasteiger partial charge < -0.3 is 20.9 Å². The number of carbonyl (C=O) groups is 1. The van der Waals surface area contributed by atoms with Crippen LogP contribution < -0.4 is 5.73 Å². The van der Waals surface area contributed by atoms with E-state index in [4.69, 9.17) is 16.0 Å². The van der Waals surface area contributed by atoms with Gasteiger partial charge in [0.25, 0.3) is 0 Å². The lowest BCUT2D eigenvalue weighted by atomic mass is 10.3. The van der Waals surface area contributed by atoms with Crippen molar-refractivity contribution in [3.63, 3.8) is 0 Å². The van der Waals surface area contributed by atoms with E-state index >= 15 is 0 Å². The summed E-state index contributed by atoms with van der Waals surface area (Å²) in [7, 11) is 0. The first-order chi connectivity index (χ1) is 7.30. The van der Waals surface area contributed by atoms with Crippen LogP contribution in [0.2, 0.25) is 0 Å². The Bertz CT molecular complexity index is 267. The van der Waals surface area contributed by atoms with Crippen LogP contribution in [0.1, 0.15) is 6.42 Å². The molecule has 0 saturated carbocycles. The Hall–Kier alpha value is -1.51. The number of hydrogen-bond acceptors (Lipinski definition) is 4. The number of hydrogen-bond donors (Lipinski definition) is 3. The highest BCUT2D eigenvalue weighted by atomic mass is 19.4. The van der Waals surface area contributed by atoms with Crippen LogP contribution in [-0.2, 0) is 4.79 Å². The van der Waals surface area contributed by atoms with Gasteiger partial charge in [-0.1, -0.05) is 5.16 Å². The van der Waals surface area contributed by atoms with Crippen molar-refractivity contribution in [1.29, 1.82) is 0 Å². The van der Waals surface area contributed by atoms with Crippen LogP contribution >= 0.6 is 0 Å². The predicted molar refractivity (Wildman–Crippen MR) is 47.7 cm³/mol. The Labute approximate surface area is 89.1 Å². The molecule has 1 amide bonds. The largest absolute Gasteiger partial charge is 0.409 e. The number of aliphatic hydroxyl groups is 1. The Balaban J connectivity index is 4.47. The Kier molecular flexibility index (Phi) is 5.57. The summed E-state index contributed by atoms with van der Waals surface area (Å²) < 4.78 is 36.1. The summed E-state index contributed by atoms with van der Waals surface area (Å²) in [5.41, 5.74) is 4.98. The van der Waals surface area contributed by atoms with Crippen LogP contribution in [0.5, 0.6) is 0 Å². The van der Waals surface area contributed by atoms with E-state index < -0.39 is 44.0 Å². The van der Waals surface area contributed by atoms with Crippen LogP contribution in [0.15, 0.2) is 5.16 Å².